The molecule has 0 aromatic carbocycles. The van der Waals surface area contributed by atoms with Crippen LogP contribution in [-0.2, 0) is 38.2 Å². The normalized spacial score (nSPS) is 23.3. The number of allylic oxidation sites excluding steroid dienone is 4. The van der Waals surface area contributed by atoms with Gasteiger partial charge < -0.3 is 9.47 Å². The molecule has 0 fully saturated rings. The van der Waals surface area contributed by atoms with Gasteiger partial charge in [0.2, 0.25) is 11.6 Å². The van der Waals surface area contributed by atoms with Crippen molar-refractivity contribution in [2.75, 3.05) is 14.2 Å². The van der Waals surface area contributed by atoms with E-state index in [1.807, 2.05) is 0 Å². The Morgan fingerprint density at radius 1 is 0.667 bits per heavy atom. The van der Waals surface area contributed by atoms with E-state index in [2.05, 4.69) is 0 Å². The van der Waals surface area contributed by atoms with Crippen LogP contribution in [0.15, 0.2) is 23.7 Å². The maximum absolute atomic E-state index is 12.0. The second-order valence-electron chi connectivity index (χ2n) is 6.36. The predicted octanol–water partition coefficient (Wildman–Crippen LogP) is 0.672. The molecule has 144 valence electrons. The van der Waals surface area contributed by atoms with Gasteiger partial charge in [-0.25, -0.2) is 0 Å². The van der Waals surface area contributed by atoms with Crippen LogP contribution < -0.4 is 0 Å². The van der Waals surface area contributed by atoms with Crippen molar-refractivity contribution in [3.63, 3.8) is 0 Å². The fourth-order valence-electron chi connectivity index (χ4n) is 3.13. The molecule has 0 heterocycles. The average Bonchev–Trinajstić information content (AvgIpc) is 2.65. The number of methoxy groups -OCH3 is 2. The fourth-order valence-corrected chi connectivity index (χ4v) is 3.13. The third-order valence-corrected chi connectivity index (χ3v) is 4.69. The lowest BCUT2D eigenvalue weighted by Crippen LogP contribution is -2.36. The van der Waals surface area contributed by atoms with Crippen LogP contribution in [0, 0.1) is 11.8 Å². The lowest BCUT2D eigenvalue weighted by atomic mass is 9.84. The summed E-state index contributed by atoms with van der Waals surface area (Å²) in [5, 5.41) is 0. The van der Waals surface area contributed by atoms with E-state index in [0.29, 0.717) is 19.3 Å². The minimum atomic E-state index is -1.01. The van der Waals surface area contributed by atoms with Gasteiger partial charge in [-0.3, -0.25) is 28.8 Å². The van der Waals surface area contributed by atoms with Crippen LogP contribution in [0.25, 0.3) is 0 Å². The fraction of sp³-hybridized carbons (Fsp3) is 0.474. The molecule has 0 saturated heterocycles. The van der Waals surface area contributed by atoms with E-state index in [0.717, 1.165) is 12.2 Å². The summed E-state index contributed by atoms with van der Waals surface area (Å²) >= 11 is 0. The third kappa shape index (κ3) is 4.27. The maximum atomic E-state index is 12.0. The molecule has 2 aliphatic carbocycles. The summed E-state index contributed by atoms with van der Waals surface area (Å²) in [4.78, 5) is 71.3. The molecule has 8 nitrogen and oxygen atoms in total. The molecule has 0 radical (unpaired) electrons. The van der Waals surface area contributed by atoms with Crippen molar-refractivity contribution in [2.24, 2.45) is 11.8 Å². The van der Waals surface area contributed by atoms with E-state index >= 15 is 0 Å². The Morgan fingerprint density at radius 2 is 1.04 bits per heavy atom. The van der Waals surface area contributed by atoms with Gasteiger partial charge in [-0.1, -0.05) is 19.3 Å². The molecule has 0 aliphatic heterocycles. The largest absolute Gasteiger partial charge is 0.492 e. The van der Waals surface area contributed by atoms with E-state index in [4.69, 9.17) is 9.47 Å². The molecule has 0 spiro atoms. The molecule has 0 aromatic heterocycles. The van der Waals surface area contributed by atoms with Crippen molar-refractivity contribution in [1.82, 2.24) is 0 Å². The lowest BCUT2D eigenvalue weighted by molar-refractivity contribution is -0.143. The second kappa shape index (κ2) is 8.66. The Balaban J connectivity index is 1.83. The van der Waals surface area contributed by atoms with Gasteiger partial charge in [0.15, 0.2) is 23.1 Å². The smallest absolute Gasteiger partial charge is 0.263 e. The van der Waals surface area contributed by atoms with Gasteiger partial charge in [0.25, 0.3) is 11.6 Å². The van der Waals surface area contributed by atoms with Crippen LogP contribution in [0.1, 0.15) is 32.1 Å². The summed E-state index contributed by atoms with van der Waals surface area (Å²) in [7, 11) is 2.43. The number of hydrogen-bond donors (Lipinski definition) is 0. The van der Waals surface area contributed by atoms with Crippen molar-refractivity contribution < 1.29 is 38.2 Å². The van der Waals surface area contributed by atoms with Gasteiger partial charge in [0.05, 0.1) is 26.1 Å². The zero-order chi connectivity index (χ0) is 20.1. The minimum Gasteiger partial charge on any atom is -0.492 e. The Labute approximate surface area is 155 Å². The zero-order valence-corrected chi connectivity index (χ0v) is 15.1. The number of unbranched alkanes of at least 4 members (excludes halogenated alkanes) is 2. The molecule has 27 heavy (non-hydrogen) atoms. The van der Waals surface area contributed by atoms with Gasteiger partial charge >= 0.3 is 0 Å². The quantitative estimate of drug-likeness (QED) is 0.344. The Kier molecular flexibility index (Phi) is 6.55. The molecular formula is C19H20O8. The highest BCUT2D eigenvalue weighted by molar-refractivity contribution is 6.50. The Bertz CT molecular complexity index is 707. The number of hydrogen-bond acceptors (Lipinski definition) is 8. The molecule has 0 amide bonds. The number of rotatable bonds is 8. The van der Waals surface area contributed by atoms with E-state index in [-0.39, 0.29) is 24.4 Å². The molecule has 2 unspecified atom stereocenters. The van der Waals surface area contributed by atoms with Crippen molar-refractivity contribution in [1.29, 1.82) is 0 Å². The number of ketones is 6. The summed E-state index contributed by atoms with van der Waals surface area (Å²) in [6.07, 6.45) is 3.96. The van der Waals surface area contributed by atoms with Crippen molar-refractivity contribution in [2.45, 2.75) is 32.1 Å². The number of carbonyl (C=O) groups is 6. The predicted molar refractivity (Wildman–Crippen MR) is 90.3 cm³/mol. The highest BCUT2D eigenvalue weighted by atomic mass is 16.5. The Morgan fingerprint density at radius 3 is 1.37 bits per heavy atom. The van der Waals surface area contributed by atoms with Crippen LogP contribution in [0.3, 0.4) is 0 Å². The van der Waals surface area contributed by atoms with Crippen LogP contribution in [0.5, 0.6) is 0 Å². The van der Waals surface area contributed by atoms with E-state index in [1.165, 1.54) is 14.2 Å². The van der Waals surface area contributed by atoms with Gasteiger partial charge in [-0.15, -0.1) is 0 Å². The maximum Gasteiger partial charge on any atom is 0.263 e. The first-order chi connectivity index (χ1) is 12.8. The first-order valence-electron chi connectivity index (χ1n) is 8.58. The highest BCUT2D eigenvalue weighted by Crippen LogP contribution is 2.24. The summed E-state index contributed by atoms with van der Waals surface area (Å²) in [6.45, 7) is 0. The number of ether oxygens (including phenoxy) is 2. The molecular weight excluding hydrogens is 356 g/mol. The molecule has 2 atom stereocenters. The molecule has 0 aromatic rings. The standard InChI is InChI=1S/C19H20O8/c1-26-14-8-12(20)10(16(22)18(14)24)6-4-3-5-7-11-13(21)9-15(27-2)19(25)17(11)23/h8-11H,3-7H2,1-2H3. The van der Waals surface area contributed by atoms with Crippen LogP contribution >= 0.6 is 0 Å². The highest BCUT2D eigenvalue weighted by Gasteiger charge is 2.38. The van der Waals surface area contributed by atoms with Gasteiger partial charge in [0.1, 0.15) is 0 Å². The van der Waals surface area contributed by atoms with Crippen LogP contribution in [0.4, 0.5) is 0 Å². The van der Waals surface area contributed by atoms with Crippen LogP contribution in [0.2, 0.25) is 0 Å². The lowest BCUT2D eigenvalue weighted by Gasteiger charge is -2.19. The number of carbonyl (C=O) groups excluding carboxylic acids is 6. The summed E-state index contributed by atoms with van der Waals surface area (Å²) in [6, 6.07) is 0. The van der Waals surface area contributed by atoms with Gasteiger partial charge in [0, 0.05) is 12.2 Å². The molecule has 0 bridgehead atoms. The molecule has 0 saturated carbocycles. The first kappa shape index (κ1) is 20.4. The Hall–Kier alpha value is -2.90. The van der Waals surface area contributed by atoms with E-state index in [9.17, 15) is 28.8 Å². The molecule has 8 heteroatoms. The monoisotopic (exact) mass is 376 g/mol. The van der Waals surface area contributed by atoms with Crippen LogP contribution in [-0.4, -0.2) is 48.9 Å². The molecule has 0 N–H and O–H groups in total. The molecule has 2 aliphatic rings. The van der Waals surface area contributed by atoms with Gasteiger partial charge in [-0.2, -0.15) is 0 Å². The SMILES string of the molecule is COC1=CC(=O)C(CCCCCC2C(=O)C=C(OC)C(=O)C2=O)C(=O)C1=O. The summed E-state index contributed by atoms with van der Waals surface area (Å²) in [5.41, 5.74) is 0. The first-order valence-corrected chi connectivity index (χ1v) is 8.58. The van der Waals surface area contributed by atoms with E-state index in [1.54, 1.807) is 0 Å². The van der Waals surface area contributed by atoms with E-state index < -0.39 is 46.5 Å². The third-order valence-electron chi connectivity index (χ3n) is 4.69. The summed E-state index contributed by atoms with van der Waals surface area (Å²) < 4.78 is 9.42. The topological polar surface area (TPSA) is 121 Å². The van der Waals surface area contributed by atoms with Gasteiger partial charge in [-0.05, 0) is 12.8 Å². The summed E-state index contributed by atoms with van der Waals surface area (Å²) in [5.74, 6) is -6.60. The van der Waals surface area contributed by atoms with Crippen molar-refractivity contribution in [3.8, 4) is 0 Å². The average molecular weight is 376 g/mol. The second-order valence-corrected chi connectivity index (χ2v) is 6.36. The minimum absolute atomic E-state index is 0.204. The zero-order valence-electron chi connectivity index (χ0n) is 15.1. The van der Waals surface area contributed by atoms with Crippen molar-refractivity contribution in [3.05, 3.63) is 23.7 Å². The number of Topliss-reactive ketones (excluding diaryl/α,β-unsaturated/α-hetero) is 4. The molecule has 2 rings (SSSR count). The van der Waals surface area contributed by atoms with Crippen molar-refractivity contribution >= 4 is 34.7 Å².